The monoisotopic (exact) mass is 353 g/mol. The number of fused-ring (bicyclic) bond motifs is 3. The molecule has 2 nitrogen and oxygen atoms in total. The zero-order chi connectivity index (χ0) is 18.3. The van der Waals surface area contributed by atoms with E-state index >= 15 is 8.78 Å². The molecule has 0 fully saturated rings. The molecule has 1 heterocycles. The molecule has 0 atom stereocenters. The van der Waals surface area contributed by atoms with Crippen molar-refractivity contribution in [1.29, 1.82) is 0 Å². The van der Waals surface area contributed by atoms with Gasteiger partial charge in [-0.05, 0) is 47.9 Å². The molecule has 0 bridgehead atoms. The summed E-state index contributed by atoms with van der Waals surface area (Å²) >= 11 is 0. The lowest BCUT2D eigenvalue weighted by molar-refractivity contribution is 0.0401. The number of alkyl halides is 2. The van der Waals surface area contributed by atoms with Crippen LogP contribution in [0, 0.1) is 5.82 Å². The van der Waals surface area contributed by atoms with Gasteiger partial charge in [-0.1, -0.05) is 24.3 Å². The number of benzene rings is 3. The van der Waals surface area contributed by atoms with Gasteiger partial charge in [0.2, 0.25) is 0 Å². The quantitative estimate of drug-likeness (QED) is 0.442. The molecule has 4 aromatic rings. The number of rotatable bonds is 3. The molecule has 4 rings (SSSR count). The van der Waals surface area contributed by atoms with Gasteiger partial charge in [-0.3, -0.25) is 0 Å². The second-order valence-corrected chi connectivity index (χ2v) is 5.97. The average Bonchev–Trinajstić information content (AvgIpc) is 2.67. The minimum Gasteiger partial charge on any atom is -0.497 e. The Labute approximate surface area is 147 Å². The predicted octanol–water partition coefficient (Wildman–Crippen LogP) is 5.68. The minimum absolute atomic E-state index is 0.101. The first-order chi connectivity index (χ1) is 12.5. The van der Waals surface area contributed by atoms with Crippen LogP contribution in [0.2, 0.25) is 0 Å². The topological polar surface area (TPSA) is 22.1 Å². The number of halogens is 3. The van der Waals surface area contributed by atoms with Gasteiger partial charge in [0.25, 0.3) is 0 Å². The number of hydrogen-bond donors (Lipinski definition) is 0. The lowest BCUT2D eigenvalue weighted by atomic mass is 9.97. The number of ether oxygens (including phenoxy) is 1. The van der Waals surface area contributed by atoms with Crippen molar-refractivity contribution < 1.29 is 17.9 Å². The van der Waals surface area contributed by atoms with Crippen LogP contribution in [0.25, 0.3) is 21.7 Å². The van der Waals surface area contributed by atoms with Crippen LogP contribution >= 0.6 is 0 Å². The molecule has 0 saturated heterocycles. The van der Waals surface area contributed by atoms with Crippen LogP contribution < -0.4 is 4.74 Å². The van der Waals surface area contributed by atoms with E-state index in [4.69, 9.17) is 4.74 Å². The molecular formula is C21H14F3NO. The first-order valence-electron chi connectivity index (χ1n) is 8.01. The van der Waals surface area contributed by atoms with Crippen LogP contribution in [-0.2, 0) is 5.92 Å². The first kappa shape index (κ1) is 16.4. The maximum absolute atomic E-state index is 15.3. The third-order valence-electron chi connectivity index (χ3n) is 4.41. The van der Waals surface area contributed by atoms with Crippen LogP contribution in [0.15, 0.2) is 66.7 Å². The first-order valence-corrected chi connectivity index (χ1v) is 8.01. The Hall–Kier alpha value is -3.08. The van der Waals surface area contributed by atoms with E-state index in [0.29, 0.717) is 22.0 Å². The van der Waals surface area contributed by atoms with Crippen molar-refractivity contribution in [3.05, 3.63) is 83.8 Å². The predicted molar refractivity (Wildman–Crippen MR) is 95.2 cm³/mol. The molecule has 0 spiro atoms. The standard InChI is InChI=1S/C21H14F3NO/c1-26-15-9-6-13(7-10-15)21(23,24)20-18-12-14(22)8-11-16(18)17-4-2-3-5-19(17)25-20/h2-12H,1H3. The van der Waals surface area contributed by atoms with Crippen molar-refractivity contribution >= 4 is 21.7 Å². The second-order valence-electron chi connectivity index (χ2n) is 5.97. The zero-order valence-corrected chi connectivity index (χ0v) is 13.8. The van der Waals surface area contributed by atoms with Gasteiger partial charge < -0.3 is 4.74 Å². The minimum atomic E-state index is -3.39. The Balaban J connectivity index is 2.02. The fourth-order valence-electron chi connectivity index (χ4n) is 3.10. The molecule has 0 amide bonds. The van der Waals surface area contributed by atoms with Crippen LogP contribution in [0.5, 0.6) is 5.75 Å². The van der Waals surface area contributed by atoms with Crippen LogP contribution in [0.4, 0.5) is 13.2 Å². The fraction of sp³-hybridized carbons (Fsp3) is 0.0952. The normalized spacial score (nSPS) is 11.8. The Morgan fingerprint density at radius 1 is 0.846 bits per heavy atom. The number of nitrogens with zero attached hydrogens (tertiary/aromatic N) is 1. The van der Waals surface area contributed by atoms with E-state index in [1.807, 2.05) is 0 Å². The van der Waals surface area contributed by atoms with Crippen LogP contribution in [0.1, 0.15) is 11.3 Å². The molecule has 26 heavy (non-hydrogen) atoms. The molecule has 1 aromatic heterocycles. The summed E-state index contributed by atoms with van der Waals surface area (Å²) in [5, 5.41) is 1.35. The number of para-hydroxylation sites is 1. The Morgan fingerprint density at radius 3 is 2.31 bits per heavy atom. The summed E-state index contributed by atoms with van der Waals surface area (Å²) in [5.74, 6) is -3.49. The Bertz CT molecular complexity index is 1110. The summed E-state index contributed by atoms with van der Waals surface area (Å²) in [5.41, 5.74) is -0.252. The van der Waals surface area contributed by atoms with Gasteiger partial charge in [0.1, 0.15) is 17.3 Å². The van der Waals surface area contributed by atoms with Gasteiger partial charge in [-0.15, -0.1) is 0 Å². The van der Waals surface area contributed by atoms with Gasteiger partial charge in [-0.2, -0.15) is 8.78 Å². The van der Waals surface area contributed by atoms with E-state index < -0.39 is 17.4 Å². The molecule has 0 N–H and O–H groups in total. The van der Waals surface area contributed by atoms with Crippen LogP contribution in [-0.4, -0.2) is 12.1 Å². The van der Waals surface area contributed by atoms with Crippen molar-refractivity contribution in [3.8, 4) is 5.75 Å². The van der Waals surface area contributed by atoms with Crippen LogP contribution in [0.3, 0.4) is 0 Å². The van der Waals surface area contributed by atoms with Gasteiger partial charge in [0, 0.05) is 16.3 Å². The van der Waals surface area contributed by atoms with Crippen molar-refractivity contribution in [2.45, 2.75) is 5.92 Å². The van der Waals surface area contributed by atoms with E-state index in [-0.39, 0.29) is 10.9 Å². The number of methoxy groups -OCH3 is 1. The molecule has 0 radical (unpaired) electrons. The number of aromatic nitrogens is 1. The number of pyridine rings is 1. The summed E-state index contributed by atoms with van der Waals surface area (Å²) in [4.78, 5) is 4.19. The summed E-state index contributed by atoms with van der Waals surface area (Å²) in [6, 6.07) is 16.4. The highest BCUT2D eigenvalue weighted by molar-refractivity contribution is 6.06. The highest BCUT2D eigenvalue weighted by Crippen LogP contribution is 2.40. The lowest BCUT2D eigenvalue weighted by Gasteiger charge is -2.19. The van der Waals surface area contributed by atoms with Gasteiger partial charge in [0.15, 0.2) is 0 Å². The van der Waals surface area contributed by atoms with Crippen molar-refractivity contribution in [3.63, 3.8) is 0 Å². The molecule has 0 aliphatic heterocycles. The highest BCUT2D eigenvalue weighted by Gasteiger charge is 2.38. The van der Waals surface area contributed by atoms with E-state index in [9.17, 15) is 4.39 Å². The second kappa shape index (κ2) is 6.02. The third-order valence-corrected chi connectivity index (χ3v) is 4.41. The van der Waals surface area contributed by atoms with Crippen molar-refractivity contribution in [2.75, 3.05) is 7.11 Å². The molecular weight excluding hydrogens is 339 g/mol. The lowest BCUT2D eigenvalue weighted by Crippen LogP contribution is -2.18. The molecule has 3 aromatic carbocycles. The Kier molecular flexibility index (Phi) is 3.80. The Morgan fingerprint density at radius 2 is 1.58 bits per heavy atom. The van der Waals surface area contributed by atoms with Crippen molar-refractivity contribution in [2.24, 2.45) is 0 Å². The highest BCUT2D eigenvalue weighted by atomic mass is 19.3. The van der Waals surface area contributed by atoms with E-state index in [0.717, 1.165) is 6.07 Å². The average molecular weight is 353 g/mol. The molecule has 0 saturated carbocycles. The van der Waals surface area contributed by atoms with E-state index in [1.54, 1.807) is 24.3 Å². The summed E-state index contributed by atoms with van der Waals surface area (Å²) < 4.78 is 49.4. The van der Waals surface area contributed by atoms with E-state index in [1.165, 1.54) is 43.5 Å². The smallest absolute Gasteiger partial charge is 0.315 e. The molecule has 130 valence electrons. The molecule has 5 heteroatoms. The van der Waals surface area contributed by atoms with Gasteiger partial charge in [0.05, 0.1) is 12.6 Å². The molecule has 0 aliphatic carbocycles. The maximum atomic E-state index is 15.3. The largest absolute Gasteiger partial charge is 0.497 e. The third kappa shape index (κ3) is 2.56. The fourth-order valence-corrected chi connectivity index (χ4v) is 3.10. The van der Waals surface area contributed by atoms with E-state index in [2.05, 4.69) is 4.98 Å². The molecule has 0 aliphatic rings. The van der Waals surface area contributed by atoms with Gasteiger partial charge >= 0.3 is 5.92 Å². The maximum Gasteiger partial charge on any atom is 0.315 e. The number of hydrogen-bond acceptors (Lipinski definition) is 2. The van der Waals surface area contributed by atoms with Crippen molar-refractivity contribution in [1.82, 2.24) is 4.98 Å². The molecule has 0 unspecified atom stereocenters. The summed E-state index contributed by atoms with van der Waals surface area (Å²) in [7, 11) is 1.47. The summed E-state index contributed by atoms with van der Waals surface area (Å²) in [6.07, 6.45) is 0. The SMILES string of the molecule is COc1ccc(C(F)(F)c2nc3ccccc3c3ccc(F)cc23)cc1. The summed E-state index contributed by atoms with van der Waals surface area (Å²) in [6.45, 7) is 0. The zero-order valence-electron chi connectivity index (χ0n) is 13.8. The van der Waals surface area contributed by atoms with Gasteiger partial charge in [-0.25, -0.2) is 9.37 Å².